The van der Waals surface area contributed by atoms with E-state index < -0.39 is 0 Å². The van der Waals surface area contributed by atoms with E-state index in [1.807, 2.05) is 0 Å². The molecule has 0 radical (unpaired) electrons. The predicted molar refractivity (Wildman–Crippen MR) is 73.0 cm³/mol. The zero-order valence-electron chi connectivity index (χ0n) is 10.4. The fourth-order valence-electron chi connectivity index (χ4n) is 1.58. The van der Waals surface area contributed by atoms with Gasteiger partial charge in [0, 0.05) is 6.04 Å². The van der Waals surface area contributed by atoms with E-state index in [4.69, 9.17) is 11.5 Å². The van der Waals surface area contributed by atoms with Crippen LogP contribution in [0.2, 0.25) is 0 Å². The van der Waals surface area contributed by atoms with Crippen LogP contribution in [0.5, 0.6) is 0 Å². The summed E-state index contributed by atoms with van der Waals surface area (Å²) in [6.45, 7) is 7.27. The molecule has 1 atom stereocenters. The maximum absolute atomic E-state index is 5.98. The summed E-state index contributed by atoms with van der Waals surface area (Å²) in [4.78, 5) is 0. The SMILES string of the molecule is CC(C)(C)c1ccc([C@@H](N)CCN)cc1.Cl. The first-order valence-corrected chi connectivity index (χ1v) is 5.51. The van der Waals surface area contributed by atoms with Gasteiger partial charge in [-0.2, -0.15) is 0 Å². The second kappa shape index (κ2) is 6.24. The Morgan fingerprint density at radius 1 is 1.12 bits per heavy atom. The largest absolute Gasteiger partial charge is 0.330 e. The minimum absolute atomic E-state index is 0. The Labute approximate surface area is 105 Å². The Balaban J connectivity index is 0.00000225. The smallest absolute Gasteiger partial charge is 0.0306 e. The third-order valence-electron chi connectivity index (χ3n) is 2.68. The molecule has 3 heteroatoms. The molecule has 4 N–H and O–H groups in total. The normalized spacial score (nSPS) is 13.1. The predicted octanol–water partition coefficient (Wildman–Crippen LogP) is 2.75. The van der Waals surface area contributed by atoms with Gasteiger partial charge in [-0.15, -0.1) is 12.4 Å². The van der Waals surface area contributed by atoms with Gasteiger partial charge in [-0.05, 0) is 29.5 Å². The van der Waals surface area contributed by atoms with Crippen LogP contribution in [0.25, 0.3) is 0 Å². The lowest BCUT2D eigenvalue weighted by Crippen LogP contribution is -2.16. The van der Waals surface area contributed by atoms with Crippen molar-refractivity contribution in [3.05, 3.63) is 35.4 Å². The Bertz CT molecular complexity index is 301. The van der Waals surface area contributed by atoms with E-state index in [1.54, 1.807) is 0 Å². The lowest BCUT2D eigenvalue weighted by Gasteiger charge is -2.20. The third-order valence-corrected chi connectivity index (χ3v) is 2.68. The quantitative estimate of drug-likeness (QED) is 0.857. The Morgan fingerprint density at radius 3 is 2.00 bits per heavy atom. The fourth-order valence-corrected chi connectivity index (χ4v) is 1.58. The van der Waals surface area contributed by atoms with Gasteiger partial charge in [0.1, 0.15) is 0 Å². The highest BCUT2D eigenvalue weighted by Gasteiger charge is 2.13. The highest BCUT2D eigenvalue weighted by atomic mass is 35.5. The van der Waals surface area contributed by atoms with Crippen molar-refractivity contribution < 1.29 is 0 Å². The Kier molecular flexibility index (Phi) is 6.01. The van der Waals surface area contributed by atoms with E-state index in [1.165, 1.54) is 11.1 Å². The number of rotatable bonds is 3. The summed E-state index contributed by atoms with van der Waals surface area (Å²) in [7, 11) is 0. The van der Waals surface area contributed by atoms with Gasteiger partial charge in [0.15, 0.2) is 0 Å². The summed E-state index contributed by atoms with van der Waals surface area (Å²) in [5.74, 6) is 0. The second-order valence-electron chi connectivity index (χ2n) is 5.06. The first-order chi connectivity index (χ1) is 6.95. The van der Waals surface area contributed by atoms with E-state index in [2.05, 4.69) is 45.0 Å². The van der Waals surface area contributed by atoms with Gasteiger partial charge in [-0.25, -0.2) is 0 Å². The standard InChI is InChI=1S/C13H22N2.ClH/c1-13(2,3)11-6-4-10(5-7-11)12(15)8-9-14;/h4-7,12H,8-9,14-15H2,1-3H3;1H/t12-;/m0./s1. The average molecular weight is 243 g/mol. The van der Waals surface area contributed by atoms with E-state index in [0.29, 0.717) is 6.54 Å². The van der Waals surface area contributed by atoms with Crippen LogP contribution in [-0.2, 0) is 5.41 Å². The lowest BCUT2D eigenvalue weighted by molar-refractivity contribution is 0.588. The number of benzene rings is 1. The van der Waals surface area contributed by atoms with Crippen LogP contribution < -0.4 is 11.5 Å². The molecule has 16 heavy (non-hydrogen) atoms. The number of halogens is 1. The second-order valence-corrected chi connectivity index (χ2v) is 5.06. The summed E-state index contributed by atoms with van der Waals surface area (Å²) in [6, 6.07) is 8.61. The molecule has 0 aliphatic rings. The monoisotopic (exact) mass is 242 g/mol. The number of nitrogens with two attached hydrogens (primary N) is 2. The zero-order valence-corrected chi connectivity index (χ0v) is 11.2. The Hall–Kier alpha value is -0.570. The molecule has 0 spiro atoms. The summed E-state index contributed by atoms with van der Waals surface area (Å²) in [5, 5.41) is 0. The molecule has 1 aromatic rings. The molecule has 0 fully saturated rings. The van der Waals surface area contributed by atoms with Crippen molar-refractivity contribution in [2.45, 2.75) is 38.6 Å². The summed E-state index contributed by atoms with van der Waals surface area (Å²) in [6.07, 6.45) is 0.842. The number of hydrogen-bond acceptors (Lipinski definition) is 2. The molecule has 1 rings (SSSR count). The third kappa shape index (κ3) is 4.12. The molecule has 0 unspecified atom stereocenters. The van der Waals surface area contributed by atoms with Crippen LogP contribution in [0.4, 0.5) is 0 Å². The van der Waals surface area contributed by atoms with Crippen molar-refractivity contribution in [1.82, 2.24) is 0 Å². The van der Waals surface area contributed by atoms with E-state index in [-0.39, 0.29) is 23.9 Å². The highest BCUT2D eigenvalue weighted by molar-refractivity contribution is 5.85. The molecule has 92 valence electrons. The van der Waals surface area contributed by atoms with E-state index in [0.717, 1.165) is 6.42 Å². The van der Waals surface area contributed by atoms with Crippen LogP contribution in [0.1, 0.15) is 44.4 Å². The van der Waals surface area contributed by atoms with Crippen molar-refractivity contribution >= 4 is 12.4 Å². The van der Waals surface area contributed by atoms with Crippen LogP contribution in [-0.4, -0.2) is 6.54 Å². The van der Waals surface area contributed by atoms with Gasteiger partial charge in [0.05, 0.1) is 0 Å². The van der Waals surface area contributed by atoms with Crippen molar-refractivity contribution in [1.29, 1.82) is 0 Å². The Morgan fingerprint density at radius 2 is 1.62 bits per heavy atom. The molecular weight excluding hydrogens is 220 g/mol. The van der Waals surface area contributed by atoms with Gasteiger partial charge in [-0.1, -0.05) is 45.0 Å². The van der Waals surface area contributed by atoms with E-state index in [9.17, 15) is 0 Å². The van der Waals surface area contributed by atoms with Crippen LogP contribution >= 0.6 is 12.4 Å². The molecule has 0 heterocycles. The zero-order chi connectivity index (χ0) is 11.5. The lowest BCUT2D eigenvalue weighted by atomic mass is 9.86. The molecule has 0 saturated heterocycles. The fraction of sp³-hybridized carbons (Fsp3) is 0.538. The molecule has 0 aromatic heterocycles. The van der Waals surface area contributed by atoms with Crippen molar-refractivity contribution in [3.63, 3.8) is 0 Å². The molecule has 2 nitrogen and oxygen atoms in total. The topological polar surface area (TPSA) is 52.0 Å². The van der Waals surface area contributed by atoms with Crippen LogP contribution in [0.3, 0.4) is 0 Å². The molecule has 0 saturated carbocycles. The van der Waals surface area contributed by atoms with Crippen molar-refractivity contribution in [2.75, 3.05) is 6.54 Å². The summed E-state index contributed by atoms with van der Waals surface area (Å²) in [5.41, 5.74) is 14.2. The van der Waals surface area contributed by atoms with Crippen molar-refractivity contribution in [2.24, 2.45) is 11.5 Å². The molecule has 0 amide bonds. The summed E-state index contributed by atoms with van der Waals surface area (Å²) < 4.78 is 0. The van der Waals surface area contributed by atoms with Gasteiger partial charge < -0.3 is 11.5 Å². The van der Waals surface area contributed by atoms with Gasteiger partial charge in [0.25, 0.3) is 0 Å². The van der Waals surface area contributed by atoms with Crippen LogP contribution in [0, 0.1) is 0 Å². The van der Waals surface area contributed by atoms with Crippen molar-refractivity contribution in [3.8, 4) is 0 Å². The minimum atomic E-state index is 0. The van der Waals surface area contributed by atoms with Gasteiger partial charge >= 0.3 is 0 Å². The summed E-state index contributed by atoms with van der Waals surface area (Å²) >= 11 is 0. The maximum atomic E-state index is 5.98. The number of hydrogen-bond donors (Lipinski definition) is 2. The maximum Gasteiger partial charge on any atom is 0.0306 e. The van der Waals surface area contributed by atoms with Crippen LogP contribution in [0.15, 0.2) is 24.3 Å². The van der Waals surface area contributed by atoms with Gasteiger partial charge in [0.2, 0.25) is 0 Å². The minimum Gasteiger partial charge on any atom is -0.330 e. The average Bonchev–Trinajstić information content (AvgIpc) is 2.17. The first kappa shape index (κ1) is 15.4. The molecule has 0 bridgehead atoms. The van der Waals surface area contributed by atoms with E-state index >= 15 is 0 Å². The molecule has 0 aliphatic heterocycles. The first-order valence-electron chi connectivity index (χ1n) is 5.51. The highest BCUT2D eigenvalue weighted by Crippen LogP contribution is 2.23. The molecule has 0 aliphatic carbocycles. The molecule has 1 aromatic carbocycles. The van der Waals surface area contributed by atoms with Gasteiger partial charge in [-0.3, -0.25) is 0 Å². The molecular formula is C13H23ClN2.